The van der Waals surface area contributed by atoms with Gasteiger partial charge in [0.2, 0.25) is 5.91 Å². The van der Waals surface area contributed by atoms with Crippen LogP contribution in [0.15, 0.2) is 36.4 Å². The molecule has 1 aliphatic rings. The molecular formula is C21H26ClN3O3. The molecule has 1 heterocycles. The van der Waals surface area contributed by atoms with E-state index in [1.807, 2.05) is 18.2 Å². The molecule has 0 unspecified atom stereocenters. The highest BCUT2D eigenvalue weighted by Crippen LogP contribution is 2.30. The summed E-state index contributed by atoms with van der Waals surface area (Å²) in [5, 5.41) is 3.68. The quantitative estimate of drug-likeness (QED) is 0.800. The number of nitrogens with one attached hydrogen (secondary N) is 1. The van der Waals surface area contributed by atoms with Crippen LogP contribution in [-0.2, 0) is 4.79 Å². The number of hydrogen-bond acceptors (Lipinski definition) is 5. The molecule has 2 aromatic rings. The van der Waals surface area contributed by atoms with E-state index in [1.54, 1.807) is 32.4 Å². The molecule has 1 N–H and O–H groups in total. The van der Waals surface area contributed by atoms with Gasteiger partial charge < -0.3 is 19.7 Å². The van der Waals surface area contributed by atoms with Gasteiger partial charge in [-0.25, -0.2) is 0 Å². The first-order valence-electron chi connectivity index (χ1n) is 9.25. The SMILES string of the molecule is COc1ccc(NC(=O)CN2CCN(c3cc(Cl)ccc3C)CC2)cc1OC. The minimum atomic E-state index is -0.0420. The number of amides is 1. The fraction of sp³-hybridized carbons (Fsp3) is 0.381. The molecule has 28 heavy (non-hydrogen) atoms. The summed E-state index contributed by atoms with van der Waals surface area (Å²) in [7, 11) is 3.16. The fourth-order valence-corrected chi connectivity index (χ4v) is 3.55. The first-order chi connectivity index (χ1) is 13.5. The Bertz CT molecular complexity index is 836. The van der Waals surface area contributed by atoms with Gasteiger partial charge in [-0.15, -0.1) is 0 Å². The number of carbonyl (C=O) groups is 1. The van der Waals surface area contributed by atoms with E-state index in [4.69, 9.17) is 21.1 Å². The van der Waals surface area contributed by atoms with Crippen molar-refractivity contribution < 1.29 is 14.3 Å². The van der Waals surface area contributed by atoms with Gasteiger partial charge in [0.15, 0.2) is 11.5 Å². The monoisotopic (exact) mass is 403 g/mol. The Morgan fingerprint density at radius 1 is 1.04 bits per heavy atom. The molecule has 1 amide bonds. The average molecular weight is 404 g/mol. The van der Waals surface area contributed by atoms with Crippen molar-refractivity contribution in [2.75, 3.05) is 57.2 Å². The molecule has 1 fully saturated rings. The predicted molar refractivity (Wildman–Crippen MR) is 113 cm³/mol. The molecule has 7 heteroatoms. The molecule has 0 bridgehead atoms. The Morgan fingerprint density at radius 2 is 1.75 bits per heavy atom. The van der Waals surface area contributed by atoms with E-state index in [0.29, 0.717) is 23.7 Å². The molecule has 0 atom stereocenters. The van der Waals surface area contributed by atoms with Crippen molar-refractivity contribution in [3.63, 3.8) is 0 Å². The van der Waals surface area contributed by atoms with Crippen LogP contribution >= 0.6 is 11.6 Å². The summed E-state index contributed by atoms with van der Waals surface area (Å²) in [5.41, 5.74) is 3.07. The fourth-order valence-electron chi connectivity index (χ4n) is 3.39. The molecule has 1 saturated heterocycles. The normalized spacial score (nSPS) is 14.6. The van der Waals surface area contributed by atoms with Gasteiger partial charge in [0.25, 0.3) is 0 Å². The molecule has 0 spiro atoms. The van der Waals surface area contributed by atoms with E-state index in [1.165, 1.54) is 11.3 Å². The lowest BCUT2D eigenvalue weighted by atomic mass is 10.1. The van der Waals surface area contributed by atoms with Crippen LogP contribution in [0.1, 0.15) is 5.56 Å². The van der Waals surface area contributed by atoms with Crippen molar-refractivity contribution in [1.82, 2.24) is 4.90 Å². The highest BCUT2D eigenvalue weighted by atomic mass is 35.5. The summed E-state index contributed by atoms with van der Waals surface area (Å²) < 4.78 is 10.5. The molecule has 150 valence electrons. The van der Waals surface area contributed by atoms with Crippen LogP contribution in [-0.4, -0.2) is 57.8 Å². The summed E-state index contributed by atoms with van der Waals surface area (Å²) in [5.74, 6) is 1.18. The summed E-state index contributed by atoms with van der Waals surface area (Å²) in [4.78, 5) is 16.9. The van der Waals surface area contributed by atoms with Crippen LogP contribution in [0.5, 0.6) is 11.5 Å². The number of piperazine rings is 1. The van der Waals surface area contributed by atoms with Gasteiger partial charge in [0, 0.05) is 48.6 Å². The molecule has 0 radical (unpaired) electrons. The first-order valence-corrected chi connectivity index (χ1v) is 9.63. The van der Waals surface area contributed by atoms with E-state index in [-0.39, 0.29) is 5.91 Å². The molecule has 0 aromatic heterocycles. The van der Waals surface area contributed by atoms with Gasteiger partial charge >= 0.3 is 0 Å². The van der Waals surface area contributed by atoms with Gasteiger partial charge in [-0.05, 0) is 36.8 Å². The standard InChI is InChI=1S/C21H26ClN3O3/c1-15-4-5-16(22)12-18(15)25-10-8-24(9-11-25)14-21(26)23-17-6-7-19(27-2)20(13-17)28-3/h4-7,12-13H,8-11,14H2,1-3H3,(H,23,26). The number of ether oxygens (including phenoxy) is 2. The number of halogens is 1. The Morgan fingerprint density at radius 3 is 2.43 bits per heavy atom. The van der Waals surface area contributed by atoms with E-state index in [2.05, 4.69) is 22.0 Å². The molecular weight excluding hydrogens is 378 g/mol. The van der Waals surface area contributed by atoms with Crippen LogP contribution in [0.4, 0.5) is 11.4 Å². The highest BCUT2D eigenvalue weighted by molar-refractivity contribution is 6.30. The number of anilines is 2. The molecule has 2 aromatic carbocycles. The van der Waals surface area contributed by atoms with Crippen molar-refractivity contribution in [2.45, 2.75) is 6.92 Å². The van der Waals surface area contributed by atoms with E-state index >= 15 is 0 Å². The summed E-state index contributed by atoms with van der Waals surface area (Å²) in [6.07, 6.45) is 0. The Kier molecular flexibility index (Phi) is 6.65. The largest absolute Gasteiger partial charge is 0.493 e. The van der Waals surface area contributed by atoms with Crippen molar-refractivity contribution in [1.29, 1.82) is 0 Å². The topological polar surface area (TPSA) is 54.0 Å². The van der Waals surface area contributed by atoms with Crippen LogP contribution in [0.3, 0.4) is 0 Å². The number of carbonyl (C=O) groups excluding carboxylic acids is 1. The van der Waals surface area contributed by atoms with Gasteiger partial charge in [0.1, 0.15) is 0 Å². The second-order valence-corrected chi connectivity index (χ2v) is 7.25. The van der Waals surface area contributed by atoms with Crippen molar-refractivity contribution in [3.8, 4) is 11.5 Å². The maximum Gasteiger partial charge on any atom is 0.238 e. The summed E-state index contributed by atoms with van der Waals surface area (Å²) in [6, 6.07) is 11.3. The van der Waals surface area contributed by atoms with Crippen molar-refractivity contribution >= 4 is 28.9 Å². The predicted octanol–water partition coefficient (Wildman–Crippen LogP) is 3.43. The molecule has 1 aliphatic heterocycles. The second kappa shape index (κ2) is 9.17. The second-order valence-electron chi connectivity index (χ2n) is 6.81. The van der Waals surface area contributed by atoms with Gasteiger partial charge in [0.05, 0.1) is 20.8 Å². The first kappa shape index (κ1) is 20.3. The number of methoxy groups -OCH3 is 2. The third-order valence-corrected chi connectivity index (χ3v) is 5.15. The molecule has 3 rings (SSSR count). The lowest BCUT2D eigenvalue weighted by molar-refractivity contribution is -0.117. The molecule has 6 nitrogen and oxygen atoms in total. The summed E-state index contributed by atoms with van der Waals surface area (Å²) >= 11 is 6.14. The van der Waals surface area contributed by atoms with E-state index in [9.17, 15) is 4.79 Å². The summed E-state index contributed by atoms with van der Waals surface area (Å²) in [6.45, 7) is 5.83. The molecule has 0 saturated carbocycles. The zero-order valence-corrected chi connectivity index (χ0v) is 17.3. The van der Waals surface area contributed by atoms with Crippen molar-refractivity contribution in [2.24, 2.45) is 0 Å². The Balaban J connectivity index is 1.53. The maximum absolute atomic E-state index is 12.4. The van der Waals surface area contributed by atoms with Crippen molar-refractivity contribution in [3.05, 3.63) is 47.0 Å². The number of aryl methyl sites for hydroxylation is 1. The molecule has 0 aliphatic carbocycles. The minimum Gasteiger partial charge on any atom is -0.493 e. The zero-order chi connectivity index (χ0) is 20.1. The number of nitrogens with zero attached hydrogens (tertiary/aromatic N) is 2. The van der Waals surface area contributed by atoms with E-state index in [0.717, 1.165) is 31.2 Å². The lowest BCUT2D eigenvalue weighted by Crippen LogP contribution is -2.48. The Labute approximate surface area is 171 Å². The third kappa shape index (κ3) is 4.88. The number of rotatable bonds is 6. The maximum atomic E-state index is 12.4. The van der Waals surface area contributed by atoms with Crippen LogP contribution < -0.4 is 19.7 Å². The Hall–Kier alpha value is -2.44. The number of hydrogen-bond donors (Lipinski definition) is 1. The third-order valence-electron chi connectivity index (χ3n) is 4.92. The van der Waals surface area contributed by atoms with Gasteiger partial charge in [-0.1, -0.05) is 17.7 Å². The lowest BCUT2D eigenvalue weighted by Gasteiger charge is -2.36. The number of benzene rings is 2. The zero-order valence-electron chi connectivity index (χ0n) is 16.5. The van der Waals surface area contributed by atoms with Gasteiger partial charge in [-0.3, -0.25) is 9.69 Å². The average Bonchev–Trinajstić information content (AvgIpc) is 2.70. The van der Waals surface area contributed by atoms with Crippen LogP contribution in [0, 0.1) is 6.92 Å². The minimum absolute atomic E-state index is 0.0420. The van der Waals surface area contributed by atoms with E-state index < -0.39 is 0 Å². The highest BCUT2D eigenvalue weighted by Gasteiger charge is 2.20. The van der Waals surface area contributed by atoms with Crippen LogP contribution in [0.2, 0.25) is 5.02 Å². The van der Waals surface area contributed by atoms with Gasteiger partial charge in [-0.2, -0.15) is 0 Å². The smallest absolute Gasteiger partial charge is 0.238 e. The van der Waals surface area contributed by atoms with Crippen LogP contribution in [0.25, 0.3) is 0 Å².